The van der Waals surface area contributed by atoms with Gasteiger partial charge in [0, 0.05) is 6.42 Å². The topological polar surface area (TPSA) is 135 Å². The number of hydrogen-bond acceptors (Lipinski definition) is 9. The molecule has 290 valence electrons. The first-order chi connectivity index (χ1) is 27.2. The monoisotopic (exact) mass is 758 g/mol. The summed E-state index contributed by atoms with van der Waals surface area (Å²) in [5.41, 5.74) is 2.76. The maximum absolute atomic E-state index is 12.8. The first-order valence-corrected chi connectivity index (χ1v) is 18.9. The van der Waals surface area contributed by atoms with Gasteiger partial charge in [-0.25, -0.2) is 14.4 Å². The van der Waals surface area contributed by atoms with Crippen molar-refractivity contribution in [3.05, 3.63) is 138 Å². The Hall–Kier alpha value is -6.42. The predicted molar refractivity (Wildman–Crippen MR) is 212 cm³/mol. The Kier molecular flexibility index (Phi) is 15.2. The minimum atomic E-state index is -0.830. The van der Waals surface area contributed by atoms with E-state index in [1.54, 1.807) is 84.9 Å². The molecule has 56 heavy (non-hydrogen) atoms. The number of hydrogen-bond donors (Lipinski definition) is 1. The number of unbranched alkanes of at least 4 members (excludes halogenated alkanes) is 4. The molecule has 0 unspecified atom stereocenters. The van der Waals surface area contributed by atoms with Crippen molar-refractivity contribution in [2.24, 2.45) is 0 Å². The molecule has 5 aromatic rings. The number of benzene rings is 5. The number of ether oxygens (including phenoxy) is 5. The average Bonchev–Trinajstić information content (AvgIpc) is 3.20. The molecule has 0 fully saturated rings. The summed E-state index contributed by atoms with van der Waals surface area (Å²) >= 11 is 0. The van der Waals surface area contributed by atoms with Crippen LogP contribution in [0.25, 0.3) is 11.1 Å². The van der Waals surface area contributed by atoms with Crippen molar-refractivity contribution in [1.82, 2.24) is 0 Å². The fourth-order valence-corrected chi connectivity index (χ4v) is 5.66. The molecule has 0 aliphatic rings. The van der Waals surface area contributed by atoms with Crippen LogP contribution in [0, 0.1) is 0 Å². The van der Waals surface area contributed by atoms with E-state index in [4.69, 9.17) is 28.8 Å². The lowest BCUT2D eigenvalue weighted by Crippen LogP contribution is -2.12. The second-order valence-corrected chi connectivity index (χ2v) is 13.3. The molecular weight excluding hydrogens is 712 g/mol. The summed E-state index contributed by atoms with van der Waals surface area (Å²) in [6.07, 6.45) is 7.09. The number of carboxylic acids is 1. The zero-order valence-corrected chi connectivity index (χ0v) is 31.6. The third-order valence-corrected chi connectivity index (χ3v) is 8.80. The molecular formula is C46H46O10. The van der Waals surface area contributed by atoms with Gasteiger partial charge in [0.2, 0.25) is 0 Å². The molecule has 10 heteroatoms. The van der Waals surface area contributed by atoms with Crippen molar-refractivity contribution in [2.75, 3.05) is 6.61 Å². The average molecular weight is 759 g/mol. The van der Waals surface area contributed by atoms with Crippen LogP contribution in [0.3, 0.4) is 0 Å². The molecule has 1 atom stereocenters. The zero-order valence-electron chi connectivity index (χ0n) is 31.6. The molecule has 0 bridgehead atoms. The van der Waals surface area contributed by atoms with E-state index < -0.39 is 23.9 Å². The molecule has 5 rings (SSSR count). The first-order valence-electron chi connectivity index (χ1n) is 18.9. The summed E-state index contributed by atoms with van der Waals surface area (Å²) in [5, 5.41) is 8.71. The van der Waals surface area contributed by atoms with E-state index in [2.05, 4.69) is 13.8 Å². The van der Waals surface area contributed by atoms with Gasteiger partial charge in [-0.1, -0.05) is 50.5 Å². The highest BCUT2D eigenvalue weighted by molar-refractivity contribution is 5.93. The van der Waals surface area contributed by atoms with E-state index in [0.717, 1.165) is 24.0 Å². The van der Waals surface area contributed by atoms with Crippen LogP contribution >= 0.6 is 0 Å². The van der Waals surface area contributed by atoms with Crippen molar-refractivity contribution in [1.29, 1.82) is 0 Å². The molecule has 0 saturated carbocycles. The highest BCUT2D eigenvalue weighted by Crippen LogP contribution is 2.26. The van der Waals surface area contributed by atoms with Crippen molar-refractivity contribution >= 4 is 23.9 Å². The molecule has 0 aromatic heterocycles. The van der Waals surface area contributed by atoms with E-state index >= 15 is 0 Å². The van der Waals surface area contributed by atoms with E-state index in [-0.39, 0.29) is 12.5 Å². The molecule has 5 aromatic carbocycles. The SMILES string of the molecule is CCCCCC[C@@H](C)Oc1ccc(C(=O)Oc2ccc(C(=O)Oc3ccc(-c4ccc(OC(=O)c5ccc(OCCCCC(=O)O)cc5)cc4)cc3)cc2)cc1. The highest BCUT2D eigenvalue weighted by atomic mass is 16.5. The summed E-state index contributed by atoms with van der Waals surface area (Å²) in [7, 11) is 0. The van der Waals surface area contributed by atoms with Crippen molar-refractivity contribution in [2.45, 2.75) is 71.3 Å². The molecule has 10 nitrogen and oxygen atoms in total. The van der Waals surface area contributed by atoms with Gasteiger partial charge >= 0.3 is 23.9 Å². The Morgan fingerprint density at radius 3 is 1.34 bits per heavy atom. The van der Waals surface area contributed by atoms with Gasteiger partial charge in [-0.15, -0.1) is 0 Å². The number of rotatable bonds is 20. The van der Waals surface area contributed by atoms with Gasteiger partial charge in [0.15, 0.2) is 0 Å². The molecule has 0 aliphatic heterocycles. The fraction of sp³-hybridized carbons (Fsp3) is 0.261. The van der Waals surface area contributed by atoms with Gasteiger partial charge in [-0.3, -0.25) is 4.79 Å². The minimum absolute atomic E-state index is 0.0938. The third-order valence-electron chi connectivity index (χ3n) is 8.80. The molecule has 0 spiro atoms. The van der Waals surface area contributed by atoms with Crippen LogP contribution in [-0.4, -0.2) is 41.7 Å². The lowest BCUT2D eigenvalue weighted by atomic mass is 10.1. The van der Waals surface area contributed by atoms with Crippen molar-refractivity contribution < 1.29 is 48.0 Å². The number of aliphatic carboxylic acids is 1. The van der Waals surface area contributed by atoms with Gasteiger partial charge in [-0.2, -0.15) is 0 Å². The molecule has 0 saturated heterocycles. The van der Waals surface area contributed by atoms with Crippen LogP contribution in [-0.2, 0) is 4.79 Å². The smallest absolute Gasteiger partial charge is 0.343 e. The summed E-state index contributed by atoms with van der Waals surface area (Å²) < 4.78 is 28.2. The van der Waals surface area contributed by atoms with Gasteiger partial charge in [0.05, 0.1) is 29.4 Å². The number of carbonyl (C=O) groups is 4. The largest absolute Gasteiger partial charge is 0.494 e. The van der Waals surface area contributed by atoms with Gasteiger partial charge in [0.25, 0.3) is 0 Å². The molecule has 0 aliphatic carbocycles. The summed E-state index contributed by atoms with van der Waals surface area (Å²) in [5.74, 6) is -0.122. The van der Waals surface area contributed by atoms with E-state index in [1.807, 2.05) is 24.3 Å². The van der Waals surface area contributed by atoms with Gasteiger partial charge < -0.3 is 28.8 Å². The van der Waals surface area contributed by atoms with Crippen molar-refractivity contribution in [3.8, 4) is 39.9 Å². The maximum Gasteiger partial charge on any atom is 0.343 e. The molecule has 0 radical (unpaired) electrons. The Balaban J connectivity index is 1.05. The number of esters is 3. The number of carboxylic acid groups (broad SMARTS) is 1. The number of carbonyl (C=O) groups excluding carboxylic acids is 3. The Labute approximate surface area is 327 Å². The molecule has 0 heterocycles. The summed E-state index contributed by atoms with van der Waals surface area (Å²) in [6.45, 7) is 4.63. The van der Waals surface area contributed by atoms with E-state index in [0.29, 0.717) is 64.9 Å². The van der Waals surface area contributed by atoms with Crippen LogP contribution in [0.5, 0.6) is 28.7 Å². The third kappa shape index (κ3) is 12.9. The lowest BCUT2D eigenvalue weighted by molar-refractivity contribution is -0.137. The summed E-state index contributed by atoms with van der Waals surface area (Å²) in [6, 6.07) is 33.6. The fourth-order valence-electron chi connectivity index (χ4n) is 5.66. The zero-order chi connectivity index (χ0) is 39.7. The quantitative estimate of drug-likeness (QED) is 0.0464. The van der Waals surface area contributed by atoms with Gasteiger partial charge in [-0.05, 0) is 141 Å². The second-order valence-electron chi connectivity index (χ2n) is 13.3. The first kappa shape index (κ1) is 40.8. The van der Waals surface area contributed by atoms with Crippen LogP contribution in [0.15, 0.2) is 121 Å². The predicted octanol–water partition coefficient (Wildman–Crippen LogP) is 10.4. The van der Waals surface area contributed by atoms with Gasteiger partial charge in [0.1, 0.15) is 28.7 Å². The lowest BCUT2D eigenvalue weighted by Gasteiger charge is -2.14. The van der Waals surface area contributed by atoms with Crippen LogP contribution in [0.1, 0.15) is 96.3 Å². The van der Waals surface area contributed by atoms with Crippen LogP contribution < -0.4 is 23.7 Å². The standard InChI is InChI=1S/C46H46O10/c1-3-4-5-6-9-32(2)53-39-27-17-36(18-28-39)45(50)56-42-29-19-37(20-30-42)46(51)55-41-25-13-34(14-26-41)33-11-23-40(24-12-33)54-44(49)35-15-21-38(22-16-35)52-31-8-7-10-43(47)48/h11-30,32H,3-10,31H2,1-2H3,(H,47,48)/t32-/m1/s1. The maximum atomic E-state index is 12.8. The second kappa shape index (κ2) is 20.9. The Morgan fingerprint density at radius 2 is 0.911 bits per heavy atom. The normalized spacial score (nSPS) is 11.2. The summed E-state index contributed by atoms with van der Waals surface area (Å²) in [4.78, 5) is 48.8. The van der Waals surface area contributed by atoms with E-state index in [9.17, 15) is 19.2 Å². The Bertz CT molecular complexity index is 2020. The highest BCUT2D eigenvalue weighted by Gasteiger charge is 2.14. The van der Waals surface area contributed by atoms with Crippen LogP contribution in [0.4, 0.5) is 0 Å². The van der Waals surface area contributed by atoms with E-state index in [1.165, 1.54) is 31.4 Å². The minimum Gasteiger partial charge on any atom is -0.494 e. The molecule has 0 amide bonds. The Morgan fingerprint density at radius 1 is 0.500 bits per heavy atom. The van der Waals surface area contributed by atoms with Crippen LogP contribution in [0.2, 0.25) is 0 Å². The van der Waals surface area contributed by atoms with Crippen molar-refractivity contribution in [3.63, 3.8) is 0 Å². The molecule has 1 N–H and O–H groups in total.